The smallest absolute Gasteiger partial charge is 0.136 e. The molecule has 1 aliphatic carbocycles. The van der Waals surface area contributed by atoms with E-state index in [4.69, 9.17) is 4.42 Å². The summed E-state index contributed by atoms with van der Waals surface area (Å²) in [6.45, 7) is 0. The average molecular weight is 701 g/mol. The second-order valence-electron chi connectivity index (χ2n) is 14.7. The van der Waals surface area contributed by atoms with Gasteiger partial charge in [0.1, 0.15) is 11.2 Å². The predicted molar refractivity (Wildman–Crippen MR) is 232 cm³/mol. The first-order valence-electron chi connectivity index (χ1n) is 18.6. The molecule has 0 N–H and O–H groups in total. The molecule has 0 bridgehead atoms. The van der Waals surface area contributed by atoms with Crippen LogP contribution in [0.1, 0.15) is 0 Å². The zero-order valence-corrected chi connectivity index (χ0v) is 29.8. The predicted octanol–water partition coefficient (Wildman–Crippen LogP) is 15.5. The van der Waals surface area contributed by atoms with E-state index in [-0.39, 0.29) is 0 Å². The lowest BCUT2D eigenvalue weighted by molar-refractivity contribution is 0.669. The highest BCUT2D eigenvalue weighted by Gasteiger charge is 2.23. The molecule has 0 saturated heterocycles. The molecular formula is C52H28OS. The number of fused-ring (bicyclic) bond motifs is 16. The molecule has 1 nitrogen and oxygen atoms in total. The Morgan fingerprint density at radius 2 is 0.833 bits per heavy atom. The summed E-state index contributed by atoms with van der Waals surface area (Å²) in [5.41, 5.74) is 11.8. The van der Waals surface area contributed by atoms with Crippen LogP contribution in [-0.4, -0.2) is 0 Å². The number of hydrogen-bond acceptors (Lipinski definition) is 2. The molecule has 0 atom stereocenters. The van der Waals surface area contributed by atoms with Crippen molar-refractivity contribution in [2.24, 2.45) is 0 Å². The molecule has 2 heteroatoms. The van der Waals surface area contributed by atoms with E-state index in [1.165, 1.54) is 102 Å². The van der Waals surface area contributed by atoms with E-state index in [2.05, 4.69) is 170 Å². The molecule has 0 saturated carbocycles. The van der Waals surface area contributed by atoms with Crippen LogP contribution in [0.4, 0.5) is 0 Å². The van der Waals surface area contributed by atoms with Crippen LogP contribution in [0, 0.1) is 0 Å². The maximum absolute atomic E-state index is 6.68. The van der Waals surface area contributed by atoms with Crippen LogP contribution >= 0.6 is 11.3 Å². The maximum Gasteiger partial charge on any atom is 0.136 e. The van der Waals surface area contributed by atoms with Gasteiger partial charge in [-0.1, -0.05) is 133 Å². The highest BCUT2D eigenvalue weighted by molar-refractivity contribution is 7.26. The lowest BCUT2D eigenvalue weighted by Crippen LogP contribution is -1.85. The fourth-order valence-corrected chi connectivity index (χ4v) is 10.8. The van der Waals surface area contributed by atoms with Crippen molar-refractivity contribution in [2.75, 3.05) is 0 Å². The van der Waals surface area contributed by atoms with Gasteiger partial charge in [-0.2, -0.15) is 0 Å². The van der Waals surface area contributed by atoms with Gasteiger partial charge < -0.3 is 4.42 Å². The summed E-state index contributed by atoms with van der Waals surface area (Å²) in [4.78, 5) is 0. The second kappa shape index (κ2) is 10.4. The highest BCUT2D eigenvalue weighted by atomic mass is 32.1. The molecule has 0 aliphatic heterocycles. The number of rotatable bonds is 2. The van der Waals surface area contributed by atoms with Gasteiger partial charge in [-0.25, -0.2) is 0 Å². The molecule has 13 rings (SSSR count). The second-order valence-corrected chi connectivity index (χ2v) is 15.8. The van der Waals surface area contributed by atoms with Crippen LogP contribution in [0.3, 0.4) is 0 Å². The summed E-state index contributed by atoms with van der Waals surface area (Å²) in [5.74, 6) is 0. The largest absolute Gasteiger partial charge is 0.456 e. The van der Waals surface area contributed by atoms with Crippen LogP contribution in [-0.2, 0) is 0 Å². The van der Waals surface area contributed by atoms with Gasteiger partial charge in [0.25, 0.3) is 0 Å². The molecule has 10 aromatic carbocycles. The first-order chi connectivity index (χ1) is 26.8. The SMILES string of the molecule is c1ccc2c(c1)-c1cccc3c(-c4ccc5c(c4)oc4cc(-c6ccc7c(c6)c6ccccc6c6c7ccc7c8ccccc8sc76)ccc45)ccc-2c13. The third kappa shape index (κ3) is 3.77. The van der Waals surface area contributed by atoms with Gasteiger partial charge >= 0.3 is 0 Å². The molecule has 54 heavy (non-hydrogen) atoms. The minimum atomic E-state index is 0.908. The molecular weight excluding hydrogens is 673 g/mol. The summed E-state index contributed by atoms with van der Waals surface area (Å²) in [6.07, 6.45) is 0. The molecule has 0 spiro atoms. The van der Waals surface area contributed by atoms with Crippen molar-refractivity contribution in [3.05, 3.63) is 170 Å². The Kier molecular flexibility index (Phi) is 5.57. The van der Waals surface area contributed by atoms with Gasteiger partial charge in [0.05, 0.1) is 0 Å². The monoisotopic (exact) mass is 700 g/mol. The Labute approximate surface area is 313 Å². The summed E-state index contributed by atoms with van der Waals surface area (Å²) >= 11 is 1.91. The molecule has 0 radical (unpaired) electrons. The van der Waals surface area contributed by atoms with Gasteiger partial charge in [-0.05, 0) is 119 Å². The Balaban J connectivity index is 0.952. The average Bonchev–Trinajstić information content (AvgIpc) is 3.90. The Morgan fingerprint density at radius 3 is 1.67 bits per heavy atom. The molecule has 0 fully saturated rings. The van der Waals surface area contributed by atoms with Crippen molar-refractivity contribution < 1.29 is 4.42 Å². The van der Waals surface area contributed by atoms with Crippen molar-refractivity contribution in [1.29, 1.82) is 0 Å². The third-order valence-electron chi connectivity index (χ3n) is 12.0. The van der Waals surface area contributed by atoms with Crippen molar-refractivity contribution in [3.8, 4) is 44.5 Å². The fraction of sp³-hybridized carbons (Fsp3) is 0. The highest BCUT2D eigenvalue weighted by Crippen LogP contribution is 2.50. The summed E-state index contributed by atoms with van der Waals surface area (Å²) in [7, 11) is 0. The molecule has 12 aromatic rings. The van der Waals surface area contributed by atoms with Crippen molar-refractivity contribution in [3.63, 3.8) is 0 Å². The van der Waals surface area contributed by atoms with Gasteiger partial charge in [-0.15, -0.1) is 11.3 Å². The lowest BCUT2D eigenvalue weighted by atomic mass is 9.91. The van der Waals surface area contributed by atoms with Crippen LogP contribution in [0.15, 0.2) is 174 Å². The molecule has 1 aliphatic rings. The van der Waals surface area contributed by atoms with Gasteiger partial charge in [0.15, 0.2) is 0 Å². The quantitative estimate of drug-likeness (QED) is 0.164. The standard InChI is InChI=1S/C52H28OS/c1-2-9-34-33(8-1)41-14-7-13-40-32(22-23-43(34)50(40)41)31-18-21-38-37-20-17-30(27-47(37)53-48(38)28-31)29-16-19-36-44-24-25-45-39-11-5-6-15-49(39)54-52(45)51(44)42-12-4-3-10-35(42)46(36)26-29/h1-28H. The van der Waals surface area contributed by atoms with E-state index in [1.54, 1.807) is 0 Å². The van der Waals surface area contributed by atoms with Gasteiger partial charge in [0.2, 0.25) is 0 Å². The van der Waals surface area contributed by atoms with Crippen molar-refractivity contribution >= 4 is 96.5 Å². The maximum atomic E-state index is 6.68. The van der Waals surface area contributed by atoms with E-state index in [0.29, 0.717) is 0 Å². The van der Waals surface area contributed by atoms with E-state index < -0.39 is 0 Å². The Bertz CT molecular complexity index is 3570. The lowest BCUT2D eigenvalue weighted by Gasteiger charge is -2.13. The molecule has 0 unspecified atom stereocenters. The number of benzene rings is 10. The fourth-order valence-electron chi connectivity index (χ4n) is 9.58. The van der Waals surface area contributed by atoms with E-state index >= 15 is 0 Å². The van der Waals surface area contributed by atoms with Crippen molar-refractivity contribution in [1.82, 2.24) is 0 Å². The zero-order chi connectivity index (χ0) is 35.1. The minimum absolute atomic E-state index is 0.908. The third-order valence-corrected chi connectivity index (χ3v) is 13.2. The number of hydrogen-bond donors (Lipinski definition) is 0. The summed E-state index contributed by atoms with van der Waals surface area (Å²) in [5, 5.41) is 15.4. The summed E-state index contributed by atoms with van der Waals surface area (Å²) < 4.78 is 9.39. The zero-order valence-electron chi connectivity index (χ0n) is 29.0. The first-order valence-corrected chi connectivity index (χ1v) is 19.4. The topological polar surface area (TPSA) is 13.1 Å². The Morgan fingerprint density at radius 1 is 0.296 bits per heavy atom. The molecule has 2 aromatic heterocycles. The van der Waals surface area contributed by atoms with Crippen LogP contribution in [0.2, 0.25) is 0 Å². The van der Waals surface area contributed by atoms with E-state index in [1.807, 2.05) is 11.3 Å². The molecule has 0 amide bonds. The van der Waals surface area contributed by atoms with Crippen LogP contribution < -0.4 is 0 Å². The van der Waals surface area contributed by atoms with Crippen LogP contribution in [0.5, 0.6) is 0 Å². The number of furan rings is 1. The van der Waals surface area contributed by atoms with Crippen LogP contribution in [0.25, 0.3) is 130 Å². The van der Waals surface area contributed by atoms with Gasteiger partial charge in [-0.3, -0.25) is 0 Å². The number of thiophene rings is 1. The van der Waals surface area contributed by atoms with Crippen molar-refractivity contribution in [2.45, 2.75) is 0 Å². The Hall–Kier alpha value is -6.74. The van der Waals surface area contributed by atoms with E-state index in [9.17, 15) is 0 Å². The normalized spacial score (nSPS) is 12.4. The van der Waals surface area contributed by atoms with E-state index in [0.717, 1.165) is 27.5 Å². The molecule has 2 heterocycles. The minimum Gasteiger partial charge on any atom is -0.456 e. The molecule has 248 valence electrons. The first kappa shape index (κ1) is 28.8. The summed E-state index contributed by atoms with van der Waals surface area (Å²) in [6, 6.07) is 62.8. The van der Waals surface area contributed by atoms with Gasteiger partial charge in [0, 0.05) is 36.3 Å².